The zero-order valence-electron chi connectivity index (χ0n) is 21.2. The number of phenolic OH excluding ortho intramolecular Hbond substituents is 1. The van der Waals surface area contributed by atoms with Crippen LogP contribution in [0.2, 0.25) is 0 Å². The van der Waals surface area contributed by atoms with Crippen molar-refractivity contribution in [2.45, 2.75) is 68.3 Å². The molecule has 0 bridgehead atoms. The van der Waals surface area contributed by atoms with Gasteiger partial charge in [-0.2, -0.15) is 0 Å². The molecule has 2 fully saturated rings. The van der Waals surface area contributed by atoms with E-state index in [-0.39, 0.29) is 22.5 Å². The van der Waals surface area contributed by atoms with Crippen molar-refractivity contribution in [1.82, 2.24) is 0 Å². The molecule has 13 nitrogen and oxygen atoms in total. The summed E-state index contributed by atoms with van der Waals surface area (Å²) < 4.78 is 28.0. The minimum Gasteiger partial charge on any atom is -0.507 e. The molecule has 7 N–H and O–H groups in total. The quantitative estimate of drug-likeness (QED) is 0.196. The van der Waals surface area contributed by atoms with E-state index in [9.17, 15) is 40.5 Å². The highest BCUT2D eigenvalue weighted by atomic mass is 16.7. The third kappa shape index (κ3) is 5.43. The maximum atomic E-state index is 12.7. The molecule has 0 saturated carbocycles. The SMILES string of the molecule is C[C@@H]1O[C@H](OC[C@H]2O[C@H](Oc3cc(O)c4c(=O)cc(-c5ccccc5)oc4c3)[C@@H](O)[C@H](O)[C@H]2O)[C@@H](O)[C@@H](O)[C@H]1O. The number of aromatic hydroxyl groups is 1. The van der Waals surface area contributed by atoms with Crippen LogP contribution in [0.4, 0.5) is 0 Å². The number of fused-ring (bicyclic) bond motifs is 1. The van der Waals surface area contributed by atoms with Crippen LogP contribution >= 0.6 is 0 Å². The largest absolute Gasteiger partial charge is 0.507 e. The van der Waals surface area contributed by atoms with Gasteiger partial charge in [-0.15, -0.1) is 0 Å². The summed E-state index contributed by atoms with van der Waals surface area (Å²) in [5.41, 5.74) is 0.125. The standard InChI is InChI=1S/C27H30O13/c1-11-20(30)22(32)24(34)26(37-11)36-10-18-21(31)23(33)25(35)27(40-18)38-13-7-14(28)19-15(29)9-16(39-17(19)8-13)12-5-3-2-4-6-12/h2-9,11,18,20-28,30-35H,10H2,1H3/t11-,18+,20-,21-,22-,23+,24-,25-,26-,27-/m0/s1. The Bertz CT molecular complexity index is 1380. The molecule has 3 aromatic rings. The molecule has 1 aromatic heterocycles. The van der Waals surface area contributed by atoms with Crippen LogP contribution in [-0.4, -0.2) is 104 Å². The average Bonchev–Trinajstić information content (AvgIpc) is 2.94. The molecule has 0 unspecified atom stereocenters. The van der Waals surface area contributed by atoms with E-state index in [0.717, 1.165) is 6.07 Å². The van der Waals surface area contributed by atoms with Crippen molar-refractivity contribution in [2.75, 3.05) is 6.61 Å². The Kier molecular flexibility index (Phi) is 8.10. The summed E-state index contributed by atoms with van der Waals surface area (Å²) in [6.07, 6.45) is -14.7. The van der Waals surface area contributed by atoms with Gasteiger partial charge >= 0.3 is 0 Å². The summed E-state index contributed by atoms with van der Waals surface area (Å²) in [7, 11) is 0. The molecule has 40 heavy (non-hydrogen) atoms. The number of phenols is 1. The molecule has 0 amide bonds. The van der Waals surface area contributed by atoms with Crippen LogP contribution in [0.1, 0.15) is 6.92 Å². The van der Waals surface area contributed by atoms with E-state index in [0.29, 0.717) is 5.56 Å². The highest BCUT2D eigenvalue weighted by Gasteiger charge is 2.47. The average molecular weight is 563 g/mol. The molecule has 0 radical (unpaired) electrons. The Morgan fingerprint density at radius 2 is 1.48 bits per heavy atom. The van der Waals surface area contributed by atoms with Gasteiger partial charge in [-0.05, 0) is 6.92 Å². The van der Waals surface area contributed by atoms with Crippen molar-refractivity contribution in [1.29, 1.82) is 0 Å². The number of rotatable bonds is 6. The normalized spacial score (nSPS) is 34.6. The molecule has 0 aliphatic carbocycles. The fraction of sp³-hybridized carbons (Fsp3) is 0.444. The second kappa shape index (κ2) is 11.4. The molecule has 13 heteroatoms. The molecule has 3 heterocycles. The summed E-state index contributed by atoms with van der Waals surface area (Å²) in [5.74, 6) is -0.286. The Balaban J connectivity index is 1.35. The van der Waals surface area contributed by atoms with Crippen molar-refractivity contribution in [3.8, 4) is 22.8 Å². The second-order valence-electron chi connectivity index (χ2n) is 9.80. The predicted molar refractivity (Wildman–Crippen MR) is 135 cm³/mol. The number of ether oxygens (including phenoxy) is 4. The first kappa shape index (κ1) is 28.4. The zero-order chi connectivity index (χ0) is 28.7. The maximum Gasteiger partial charge on any atom is 0.229 e. The van der Waals surface area contributed by atoms with Crippen LogP contribution < -0.4 is 10.2 Å². The van der Waals surface area contributed by atoms with Crippen molar-refractivity contribution >= 4 is 11.0 Å². The minimum atomic E-state index is -1.74. The lowest BCUT2D eigenvalue weighted by Gasteiger charge is -2.42. The number of hydrogen-bond donors (Lipinski definition) is 7. The monoisotopic (exact) mass is 562 g/mol. The lowest BCUT2D eigenvalue weighted by Crippen LogP contribution is -2.61. The highest BCUT2D eigenvalue weighted by molar-refractivity contribution is 5.86. The smallest absolute Gasteiger partial charge is 0.229 e. The first-order valence-electron chi connectivity index (χ1n) is 12.6. The van der Waals surface area contributed by atoms with Crippen LogP contribution in [-0.2, 0) is 14.2 Å². The molecule has 5 rings (SSSR count). The molecular weight excluding hydrogens is 532 g/mol. The molecule has 2 aliphatic heterocycles. The van der Waals surface area contributed by atoms with E-state index in [1.807, 2.05) is 0 Å². The summed E-state index contributed by atoms with van der Waals surface area (Å²) in [5, 5.41) is 71.7. The summed E-state index contributed by atoms with van der Waals surface area (Å²) in [6.45, 7) is 0.996. The maximum absolute atomic E-state index is 12.7. The lowest BCUT2D eigenvalue weighted by atomic mass is 9.98. The summed E-state index contributed by atoms with van der Waals surface area (Å²) in [6, 6.07) is 12.5. The van der Waals surface area contributed by atoms with Gasteiger partial charge in [0.25, 0.3) is 0 Å². The zero-order valence-corrected chi connectivity index (χ0v) is 21.2. The van der Waals surface area contributed by atoms with E-state index in [1.165, 1.54) is 19.1 Å². The van der Waals surface area contributed by atoms with Crippen LogP contribution in [0.5, 0.6) is 11.5 Å². The van der Waals surface area contributed by atoms with Crippen molar-refractivity contribution in [2.24, 2.45) is 0 Å². The lowest BCUT2D eigenvalue weighted by molar-refractivity contribution is -0.318. The number of aliphatic hydroxyl groups is 6. The Labute approximate surface area is 227 Å². The van der Waals surface area contributed by atoms with Gasteiger partial charge in [0.05, 0.1) is 12.7 Å². The van der Waals surface area contributed by atoms with Gasteiger partial charge in [0.2, 0.25) is 6.29 Å². The molecule has 0 spiro atoms. The molecule has 2 aromatic carbocycles. The number of benzene rings is 2. The first-order chi connectivity index (χ1) is 19.0. The summed E-state index contributed by atoms with van der Waals surface area (Å²) >= 11 is 0. The molecule has 10 atom stereocenters. The Morgan fingerprint density at radius 3 is 2.20 bits per heavy atom. The van der Waals surface area contributed by atoms with E-state index < -0.39 is 79.2 Å². The van der Waals surface area contributed by atoms with E-state index in [2.05, 4.69) is 0 Å². The van der Waals surface area contributed by atoms with Gasteiger partial charge in [-0.1, -0.05) is 30.3 Å². The molecule has 2 aliphatic rings. The van der Waals surface area contributed by atoms with Crippen LogP contribution in [0, 0.1) is 0 Å². The fourth-order valence-electron chi connectivity index (χ4n) is 4.68. The first-order valence-corrected chi connectivity index (χ1v) is 12.6. The third-order valence-corrected chi connectivity index (χ3v) is 7.00. The predicted octanol–water partition coefficient (Wildman–Crippen LogP) is -0.804. The van der Waals surface area contributed by atoms with Crippen LogP contribution in [0.25, 0.3) is 22.3 Å². The van der Waals surface area contributed by atoms with Crippen LogP contribution in [0.15, 0.2) is 57.7 Å². The van der Waals surface area contributed by atoms with Gasteiger partial charge in [-0.25, -0.2) is 0 Å². The van der Waals surface area contributed by atoms with Crippen molar-refractivity contribution in [3.63, 3.8) is 0 Å². The van der Waals surface area contributed by atoms with Gasteiger partial charge in [0.15, 0.2) is 11.7 Å². The summed E-state index contributed by atoms with van der Waals surface area (Å²) in [4.78, 5) is 12.7. The van der Waals surface area contributed by atoms with E-state index in [4.69, 9.17) is 23.4 Å². The Hall–Kier alpha value is -3.11. The van der Waals surface area contributed by atoms with E-state index >= 15 is 0 Å². The third-order valence-electron chi connectivity index (χ3n) is 7.00. The number of hydrogen-bond acceptors (Lipinski definition) is 13. The number of aliphatic hydroxyl groups excluding tert-OH is 6. The fourth-order valence-corrected chi connectivity index (χ4v) is 4.68. The minimum absolute atomic E-state index is 0.00887. The Morgan fingerprint density at radius 1 is 0.800 bits per heavy atom. The van der Waals surface area contributed by atoms with Crippen molar-refractivity contribution in [3.05, 3.63) is 58.8 Å². The topological polar surface area (TPSA) is 209 Å². The van der Waals surface area contributed by atoms with Gasteiger partial charge in [-0.3, -0.25) is 4.79 Å². The highest BCUT2D eigenvalue weighted by Crippen LogP contribution is 2.33. The van der Waals surface area contributed by atoms with Crippen molar-refractivity contribution < 1.29 is 59.1 Å². The van der Waals surface area contributed by atoms with E-state index in [1.54, 1.807) is 30.3 Å². The van der Waals surface area contributed by atoms with Gasteiger partial charge in [0, 0.05) is 23.8 Å². The van der Waals surface area contributed by atoms with Gasteiger partial charge < -0.3 is 59.1 Å². The second-order valence-corrected chi connectivity index (χ2v) is 9.80. The van der Waals surface area contributed by atoms with Gasteiger partial charge in [0.1, 0.15) is 71.0 Å². The molecule has 2 saturated heterocycles. The molecule has 216 valence electrons. The van der Waals surface area contributed by atoms with Crippen LogP contribution in [0.3, 0.4) is 0 Å². The molecular formula is C27H30O13.